The summed E-state index contributed by atoms with van der Waals surface area (Å²) in [6.07, 6.45) is -11.7. The third kappa shape index (κ3) is 3.62. The maximum atomic E-state index is 13.4. The van der Waals surface area contributed by atoms with E-state index in [2.05, 4.69) is 4.74 Å². The highest BCUT2D eigenvalue weighted by Crippen LogP contribution is 2.43. The van der Waals surface area contributed by atoms with Gasteiger partial charge in [0.25, 0.3) is 0 Å². The molecule has 0 heterocycles. The van der Waals surface area contributed by atoms with Crippen molar-refractivity contribution in [3.63, 3.8) is 0 Å². The van der Waals surface area contributed by atoms with Gasteiger partial charge in [0.2, 0.25) is 0 Å². The van der Waals surface area contributed by atoms with Crippen molar-refractivity contribution in [2.45, 2.75) is 12.4 Å². The zero-order valence-electron chi connectivity index (χ0n) is 9.36. The van der Waals surface area contributed by atoms with Gasteiger partial charge in [-0.05, 0) is 24.3 Å². The minimum Gasteiger partial charge on any atom is -0.497 e. The number of halogens is 7. The van der Waals surface area contributed by atoms with Gasteiger partial charge in [-0.25, -0.2) is 4.39 Å². The molecular weight excluding hydrogens is 281 g/mol. The minimum atomic E-state index is -5.83. The molecule has 0 bridgehead atoms. The molecule has 0 atom stereocenters. The summed E-state index contributed by atoms with van der Waals surface area (Å²) >= 11 is 0. The molecule has 106 valence electrons. The van der Waals surface area contributed by atoms with E-state index in [1.807, 2.05) is 0 Å². The molecule has 1 rings (SSSR count). The molecule has 0 fully saturated rings. The van der Waals surface area contributed by atoms with Crippen LogP contribution in [0.4, 0.5) is 30.7 Å². The molecule has 0 aliphatic heterocycles. The smallest absolute Gasteiger partial charge is 0.424 e. The second-order valence-corrected chi connectivity index (χ2v) is 3.41. The first kappa shape index (κ1) is 15.3. The molecule has 1 nitrogen and oxygen atoms in total. The summed E-state index contributed by atoms with van der Waals surface area (Å²) in [5.74, 6) is -2.19. The molecule has 0 saturated carbocycles. The van der Waals surface area contributed by atoms with Crippen molar-refractivity contribution in [1.82, 2.24) is 0 Å². The monoisotopic (exact) mass is 288 g/mol. The molecule has 8 heteroatoms. The van der Waals surface area contributed by atoms with Crippen LogP contribution in [0.1, 0.15) is 5.56 Å². The van der Waals surface area contributed by atoms with Crippen LogP contribution < -0.4 is 4.74 Å². The van der Waals surface area contributed by atoms with Crippen molar-refractivity contribution < 1.29 is 35.5 Å². The normalized spacial score (nSPS) is 12.2. The third-order valence-corrected chi connectivity index (χ3v) is 2.13. The van der Waals surface area contributed by atoms with Gasteiger partial charge in [0.05, 0.1) is 7.11 Å². The lowest BCUT2D eigenvalue weighted by Gasteiger charge is -2.16. The van der Waals surface area contributed by atoms with Crippen LogP contribution in [0.15, 0.2) is 29.8 Å². The average Bonchev–Trinajstić information content (AvgIpc) is 2.25. The summed E-state index contributed by atoms with van der Waals surface area (Å²) in [7, 11) is 1.25. The largest absolute Gasteiger partial charge is 0.497 e. The Labute approximate surface area is 103 Å². The van der Waals surface area contributed by atoms with Crippen molar-refractivity contribution in [3.05, 3.63) is 35.4 Å². The van der Waals surface area contributed by atoms with Crippen molar-refractivity contribution in [1.29, 1.82) is 0 Å². The predicted molar refractivity (Wildman–Crippen MR) is 53.1 cm³/mol. The summed E-state index contributed by atoms with van der Waals surface area (Å²) in [4.78, 5) is 0. The molecule has 0 aromatic heterocycles. The lowest BCUT2D eigenvalue weighted by atomic mass is 10.1. The zero-order valence-corrected chi connectivity index (χ0v) is 9.36. The van der Waals surface area contributed by atoms with E-state index in [-0.39, 0.29) is 5.75 Å². The highest BCUT2D eigenvalue weighted by Gasteiger charge is 2.53. The molecule has 0 saturated heterocycles. The summed E-state index contributed by atoms with van der Waals surface area (Å²) in [6, 6.07) is 3.65. The highest BCUT2D eigenvalue weighted by atomic mass is 19.4. The van der Waals surface area contributed by atoms with Crippen LogP contribution in [-0.2, 0) is 0 Å². The molecule has 0 spiro atoms. The lowest BCUT2D eigenvalue weighted by Crippen LogP contribution is -2.27. The number of allylic oxidation sites excluding steroid dienone is 1. The van der Waals surface area contributed by atoms with E-state index in [0.717, 1.165) is 24.3 Å². The fourth-order valence-electron chi connectivity index (χ4n) is 1.29. The van der Waals surface area contributed by atoms with Gasteiger partial charge in [-0.15, -0.1) is 0 Å². The number of alkyl halides is 6. The first-order valence-electron chi connectivity index (χ1n) is 4.76. The molecule has 0 unspecified atom stereocenters. The van der Waals surface area contributed by atoms with Crippen LogP contribution in [0.5, 0.6) is 5.75 Å². The van der Waals surface area contributed by atoms with Gasteiger partial charge in [-0.1, -0.05) is 0 Å². The van der Waals surface area contributed by atoms with Crippen molar-refractivity contribution in [2.75, 3.05) is 7.11 Å². The van der Waals surface area contributed by atoms with E-state index in [1.54, 1.807) is 0 Å². The SMILES string of the molecule is COc1ccc(C(F)=C(C(F)(F)F)C(F)(F)F)cc1. The predicted octanol–water partition coefficient (Wildman–Crippen LogP) is 4.50. The molecule has 0 aliphatic rings. The molecular formula is C11H7F7O. The Morgan fingerprint density at radius 3 is 1.63 bits per heavy atom. The van der Waals surface area contributed by atoms with Gasteiger partial charge in [0.1, 0.15) is 11.6 Å². The van der Waals surface area contributed by atoms with Crippen LogP contribution in [0.2, 0.25) is 0 Å². The Balaban J connectivity index is 3.37. The van der Waals surface area contributed by atoms with Gasteiger partial charge in [0.15, 0.2) is 5.57 Å². The molecule has 0 amide bonds. The molecule has 19 heavy (non-hydrogen) atoms. The number of rotatable bonds is 2. The summed E-state index contributed by atoms with van der Waals surface area (Å²) in [5.41, 5.74) is -3.99. The van der Waals surface area contributed by atoms with E-state index in [1.165, 1.54) is 7.11 Å². The summed E-state index contributed by atoms with van der Waals surface area (Å²) in [5, 5.41) is 0. The topological polar surface area (TPSA) is 9.23 Å². The maximum Gasteiger partial charge on any atom is 0.424 e. The molecule has 0 N–H and O–H groups in total. The van der Waals surface area contributed by atoms with E-state index in [0.29, 0.717) is 0 Å². The standard InChI is InChI=1S/C11H7F7O/c1-19-7-4-2-6(3-5-7)8(12)9(10(13,14)15)11(16,17)18/h2-5H,1H3. The van der Waals surface area contributed by atoms with Crippen molar-refractivity contribution in [2.24, 2.45) is 0 Å². The molecule has 1 aromatic rings. The molecule has 1 aromatic carbocycles. The highest BCUT2D eigenvalue weighted by molar-refractivity contribution is 5.65. The molecule has 0 aliphatic carbocycles. The Hall–Kier alpha value is -1.73. The van der Waals surface area contributed by atoms with E-state index >= 15 is 0 Å². The number of hydrogen-bond acceptors (Lipinski definition) is 1. The van der Waals surface area contributed by atoms with Crippen LogP contribution in [0.3, 0.4) is 0 Å². The minimum absolute atomic E-state index is 0.178. The fourth-order valence-corrected chi connectivity index (χ4v) is 1.29. The van der Waals surface area contributed by atoms with Gasteiger partial charge in [-0.3, -0.25) is 0 Å². The number of ether oxygens (including phenoxy) is 1. The van der Waals surface area contributed by atoms with Gasteiger partial charge < -0.3 is 4.74 Å². The van der Waals surface area contributed by atoms with Gasteiger partial charge >= 0.3 is 12.4 Å². The van der Waals surface area contributed by atoms with E-state index in [4.69, 9.17) is 0 Å². The average molecular weight is 288 g/mol. The maximum absolute atomic E-state index is 13.4. The second-order valence-electron chi connectivity index (χ2n) is 3.41. The van der Waals surface area contributed by atoms with Crippen molar-refractivity contribution >= 4 is 5.83 Å². The van der Waals surface area contributed by atoms with Crippen LogP contribution >= 0.6 is 0 Å². The van der Waals surface area contributed by atoms with E-state index in [9.17, 15) is 30.7 Å². The quantitative estimate of drug-likeness (QED) is 0.728. The van der Waals surface area contributed by atoms with Crippen LogP contribution in [0, 0.1) is 0 Å². The van der Waals surface area contributed by atoms with Gasteiger partial charge in [-0.2, -0.15) is 26.3 Å². The first-order valence-corrected chi connectivity index (χ1v) is 4.76. The van der Waals surface area contributed by atoms with E-state index < -0.39 is 29.3 Å². The Morgan fingerprint density at radius 2 is 1.32 bits per heavy atom. The number of benzene rings is 1. The van der Waals surface area contributed by atoms with Crippen LogP contribution in [0.25, 0.3) is 5.83 Å². The Kier molecular flexibility index (Phi) is 4.12. The second kappa shape index (κ2) is 5.10. The first-order chi connectivity index (χ1) is 8.57. The van der Waals surface area contributed by atoms with Crippen molar-refractivity contribution in [3.8, 4) is 5.75 Å². The summed E-state index contributed by atoms with van der Waals surface area (Å²) < 4.78 is 91.6. The molecule has 0 radical (unpaired) electrons. The van der Waals surface area contributed by atoms with Crippen LogP contribution in [-0.4, -0.2) is 19.5 Å². The van der Waals surface area contributed by atoms with Gasteiger partial charge in [0, 0.05) is 5.56 Å². The lowest BCUT2D eigenvalue weighted by molar-refractivity contribution is -0.171. The zero-order chi connectivity index (χ0) is 14.8. The Bertz CT molecular complexity index is 451. The third-order valence-electron chi connectivity index (χ3n) is 2.13. The Morgan fingerprint density at radius 1 is 0.895 bits per heavy atom. The summed E-state index contributed by atoms with van der Waals surface area (Å²) in [6.45, 7) is 0. The number of hydrogen-bond donors (Lipinski definition) is 0. The number of methoxy groups -OCH3 is 1. The fraction of sp³-hybridized carbons (Fsp3) is 0.273.